The maximum Gasteiger partial charge on any atom is 0.275 e. The molecule has 1 aromatic carbocycles. The van der Waals surface area contributed by atoms with Crippen LogP contribution in [0.3, 0.4) is 0 Å². The molecule has 0 spiro atoms. The number of para-hydroxylation sites is 1. The summed E-state index contributed by atoms with van der Waals surface area (Å²) in [6, 6.07) is 9.34. The van der Waals surface area contributed by atoms with Gasteiger partial charge >= 0.3 is 0 Å². The van der Waals surface area contributed by atoms with Crippen molar-refractivity contribution in [2.45, 2.75) is 38.5 Å². The Morgan fingerprint density at radius 1 is 1.21 bits per heavy atom. The van der Waals surface area contributed by atoms with Crippen LogP contribution in [-0.2, 0) is 10.0 Å². The van der Waals surface area contributed by atoms with Gasteiger partial charge in [-0.2, -0.15) is 0 Å². The Balaban J connectivity index is 2.48. The molecule has 130 valence electrons. The first-order valence-corrected chi connectivity index (χ1v) is 9.40. The van der Waals surface area contributed by atoms with Gasteiger partial charge in [0.1, 0.15) is 10.6 Å². The van der Waals surface area contributed by atoms with Crippen LogP contribution in [-0.4, -0.2) is 25.9 Å². The van der Waals surface area contributed by atoms with Crippen molar-refractivity contribution in [3.05, 3.63) is 47.3 Å². The van der Waals surface area contributed by atoms with Crippen LogP contribution < -0.4 is 10.0 Å². The average Bonchev–Trinajstić information content (AvgIpc) is 2.83. The lowest BCUT2D eigenvalue weighted by atomic mass is 10.2. The van der Waals surface area contributed by atoms with Crippen LogP contribution in [0.5, 0.6) is 0 Å². The molecular weight excluding hydrogens is 326 g/mol. The van der Waals surface area contributed by atoms with Crippen molar-refractivity contribution in [2.75, 3.05) is 11.4 Å². The molecule has 1 heterocycles. The average molecular weight is 349 g/mol. The zero-order chi connectivity index (χ0) is 17.9. The van der Waals surface area contributed by atoms with Gasteiger partial charge in [-0.05, 0) is 38.0 Å². The number of aromatic amines is 1. The minimum Gasteiger partial charge on any atom is -0.353 e. The van der Waals surface area contributed by atoms with Gasteiger partial charge in [-0.1, -0.05) is 31.5 Å². The summed E-state index contributed by atoms with van der Waals surface area (Å²) < 4.78 is 23.5. The van der Waals surface area contributed by atoms with E-state index in [1.807, 2.05) is 30.3 Å². The summed E-state index contributed by atoms with van der Waals surface area (Å²) in [5.74, 6) is -0.259. The number of hydrogen-bond acceptors (Lipinski definition) is 3. The summed E-state index contributed by atoms with van der Waals surface area (Å²) in [7, 11) is -3.89. The number of nitrogens with two attached hydrogens (primary N) is 1. The third kappa shape index (κ3) is 3.68. The molecule has 0 saturated carbocycles. The number of amides is 1. The molecule has 0 unspecified atom stereocenters. The van der Waals surface area contributed by atoms with Gasteiger partial charge in [0.15, 0.2) is 0 Å². The van der Waals surface area contributed by atoms with E-state index in [2.05, 4.69) is 11.9 Å². The van der Waals surface area contributed by atoms with Crippen LogP contribution >= 0.6 is 0 Å². The largest absolute Gasteiger partial charge is 0.353 e. The van der Waals surface area contributed by atoms with E-state index < -0.39 is 10.0 Å². The Hall–Kier alpha value is -2.12. The number of primary sulfonamides is 1. The Kier molecular flexibility index (Phi) is 5.46. The standard InChI is InChI=1S/C17H23N3O3S/c1-4-5-11-20(14-9-7-6-8-10-14)17(21)15-12(2)16(13(3)19-15)24(18,22)23/h6-10,19H,4-5,11H2,1-3H3,(H2,18,22,23). The maximum absolute atomic E-state index is 13.0. The van der Waals surface area contributed by atoms with Gasteiger partial charge in [0.05, 0.1) is 0 Å². The molecule has 0 fully saturated rings. The highest BCUT2D eigenvalue weighted by atomic mass is 32.2. The van der Waals surface area contributed by atoms with Gasteiger partial charge in [-0.3, -0.25) is 4.79 Å². The number of benzene rings is 1. The highest BCUT2D eigenvalue weighted by molar-refractivity contribution is 7.89. The van der Waals surface area contributed by atoms with Crippen molar-refractivity contribution < 1.29 is 13.2 Å². The van der Waals surface area contributed by atoms with Gasteiger partial charge in [0, 0.05) is 17.9 Å². The first-order chi connectivity index (χ1) is 11.3. The Labute approximate surface area is 142 Å². The number of carbonyl (C=O) groups is 1. The third-order valence-corrected chi connectivity index (χ3v) is 5.10. The minimum atomic E-state index is -3.89. The normalized spacial score (nSPS) is 11.5. The highest BCUT2D eigenvalue weighted by Crippen LogP contribution is 2.25. The second-order valence-electron chi connectivity index (χ2n) is 5.77. The van der Waals surface area contributed by atoms with Crippen LogP contribution in [0.15, 0.2) is 35.2 Å². The molecule has 2 aromatic rings. The molecule has 0 atom stereocenters. The lowest BCUT2D eigenvalue weighted by Gasteiger charge is -2.22. The fourth-order valence-corrected chi connectivity index (χ4v) is 3.79. The van der Waals surface area contributed by atoms with E-state index in [-0.39, 0.29) is 16.5 Å². The molecule has 0 saturated heterocycles. The second-order valence-corrected chi connectivity index (χ2v) is 7.27. The highest BCUT2D eigenvalue weighted by Gasteiger charge is 2.27. The quantitative estimate of drug-likeness (QED) is 0.839. The molecule has 0 radical (unpaired) electrons. The van der Waals surface area contributed by atoms with Gasteiger partial charge < -0.3 is 9.88 Å². The molecule has 0 aliphatic heterocycles. The monoisotopic (exact) mass is 349 g/mol. The van der Waals surface area contributed by atoms with Gasteiger partial charge in [0.2, 0.25) is 10.0 Å². The number of aryl methyl sites for hydroxylation is 1. The third-order valence-electron chi connectivity index (χ3n) is 3.92. The summed E-state index contributed by atoms with van der Waals surface area (Å²) in [4.78, 5) is 17.6. The van der Waals surface area contributed by atoms with Crippen LogP contribution in [0.4, 0.5) is 5.69 Å². The van der Waals surface area contributed by atoms with Crippen molar-refractivity contribution >= 4 is 21.6 Å². The molecule has 6 nitrogen and oxygen atoms in total. The van der Waals surface area contributed by atoms with Gasteiger partial charge in [0.25, 0.3) is 5.91 Å². The summed E-state index contributed by atoms with van der Waals surface area (Å²) >= 11 is 0. The van der Waals surface area contributed by atoms with Crippen molar-refractivity contribution in [1.82, 2.24) is 4.98 Å². The van der Waals surface area contributed by atoms with Crippen LogP contribution in [0.1, 0.15) is 41.5 Å². The topological polar surface area (TPSA) is 96.3 Å². The number of nitrogens with one attached hydrogen (secondary N) is 1. The molecule has 0 bridgehead atoms. The lowest BCUT2D eigenvalue weighted by molar-refractivity contribution is 0.0981. The molecule has 7 heteroatoms. The minimum absolute atomic E-state index is 0.00523. The van der Waals surface area contributed by atoms with E-state index in [1.54, 1.807) is 18.7 Å². The number of carbonyl (C=O) groups excluding carboxylic acids is 1. The van der Waals surface area contributed by atoms with Crippen molar-refractivity contribution in [3.8, 4) is 0 Å². The molecule has 1 aromatic heterocycles. The van der Waals surface area contributed by atoms with Crippen LogP contribution in [0.25, 0.3) is 0 Å². The number of anilines is 1. The first-order valence-electron chi connectivity index (χ1n) is 7.86. The smallest absolute Gasteiger partial charge is 0.275 e. The summed E-state index contributed by atoms with van der Waals surface area (Å²) in [5, 5.41) is 5.27. The zero-order valence-electron chi connectivity index (χ0n) is 14.2. The zero-order valence-corrected chi connectivity index (χ0v) is 15.0. The Morgan fingerprint density at radius 3 is 2.33 bits per heavy atom. The number of hydrogen-bond donors (Lipinski definition) is 2. The molecule has 24 heavy (non-hydrogen) atoms. The molecule has 2 rings (SSSR count). The van der Waals surface area contributed by atoms with Crippen molar-refractivity contribution in [3.63, 3.8) is 0 Å². The predicted octanol–water partition coefficient (Wildman–Crippen LogP) is 2.73. The Morgan fingerprint density at radius 2 is 1.83 bits per heavy atom. The lowest BCUT2D eigenvalue weighted by Crippen LogP contribution is -2.32. The first kappa shape index (κ1) is 18.2. The number of aromatic nitrogens is 1. The second kappa shape index (κ2) is 7.19. The van der Waals surface area contributed by atoms with E-state index >= 15 is 0 Å². The van der Waals surface area contributed by atoms with E-state index in [4.69, 9.17) is 5.14 Å². The number of unbranched alkanes of at least 4 members (excludes halogenated alkanes) is 1. The van der Waals surface area contributed by atoms with E-state index in [9.17, 15) is 13.2 Å². The van der Waals surface area contributed by atoms with Gasteiger partial charge in [-0.15, -0.1) is 0 Å². The molecule has 0 aliphatic rings. The SMILES string of the molecule is CCCCN(C(=O)c1[nH]c(C)c(S(N)(=O)=O)c1C)c1ccccc1. The number of rotatable bonds is 6. The fraction of sp³-hybridized carbons (Fsp3) is 0.353. The van der Waals surface area contributed by atoms with Crippen LogP contribution in [0, 0.1) is 13.8 Å². The number of nitrogens with zero attached hydrogens (tertiary/aromatic N) is 1. The molecule has 3 N–H and O–H groups in total. The van der Waals surface area contributed by atoms with E-state index in [1.165, 1.54) is 0 Å². The van der Waals surface area contributed by atoms with Gasteiger partial charge in [-0.25, -0.2) is 13.6 Å². The van der Waals surface area contributed by atoms with Crippen molar-refractivity contribution in [1.29, 1.82) is 0 Å². The molecular formula is C17H23N3O3S. The maximum atomic E-state index is 13.0. The summed E-state index contributed by atoms with van der Waals surface area (Å²) in [5.41, 5.74) is 1.77. The summed E-state index contributed by atoms with van der Waals surface area (Å²) in [6.45, 7) is 5.81. The molecule has 1 amide bonds. The van der Waals surface area contributed by atoms with E-state index in [0.29, 0.717) is 17.8 Å². The van der Waals surface area contributed by atoms with Crippen molar-refractivity contribution in [2.24, 2.45) is 5.14 Å². The fourth-order valence-electron chi connectivity index (χ4n) is 2.78. The predicted molar refractivity (Wildman–Crippen MR) is 94.7 cm³/mol. The van der Waals surface area contributed by atoms with Crippen LogP contribution in [0.2, 0.25) is 0 Å². The molecule has 0 aliphatic carbocycles. The number of sulfonamides is 1. The Bertz CT molecular complexity index is 826. The summed E-state index contributed by atoms with van der Waals surface area (Å²) in [6.07, 6.45) is 1.79. The van der Waals surface area contributed by atoms with E-state index in [0.717, 1.165) is 18.5 Å². The number of H-pyrrole nitrogens is 1.